The van der Waals surface area contributed by atoms with Crippen molar-refractivity contribution in [3.8, 4) is 5.75 Å². The quantitative estimate of drug-likeness (QED) is 0.335. The van der Waals surface area contributed by atoms with Gasteiger partial charge < -0.3 is 24.7 Å². The van der Waals surface area contributed by atoms with E-state index in [1.807, 2.05) is 43.3 Å². The third-order valence-corrected chi connectivity index (χ3v) is 8.08. The van der Waals surface area contributed by atoms with Gasteiger partial charge in [0.2, 0.25) is 0 Å². The highest BCUT2D eigenvalue weighted by Gasteiger charge is 2.37. The summed E-state index contributed by atoms with van der Waals surface area (Å²) in [5.41, 5.74) is 3.54. The van der Waals surface area contributed by atoms with E-state index in [2.05, 4.69) is 34.1 Å². The fourth-order valence-electron chi connectivity index (χ4n) is 5.84. The molecule has 1 aromatic heterocycles. The monoisotopic (exact) mass is 519 g/mol. The number of aliphatic hydroxyl groups excluding tert-OH is 1. The fraction of sp³-hybridized carbons (Fsp3) is 0.484. The summed E-state index contributed by atoms with van der Waals surface area (Å²) in [6, 6.07) is 16.2. The Hall–Kier alpha value is -3.16. The van der Waals surface area contributed by atoms with E-state index in [0.29, 0.717) is 18.6 Å². The van der Waals surface area contributed by atoms with Gasteiger partial charge in [0.15, 0.2) is 0 Å². The van der Waals surface area contributed by atoms with Crippen LogP contribution in [-0.2, 0) is 11.2 Å². The second kappa shape index (κ2) is 12.6. The molecule has 1 atom stereocenters. The number of pyridine rings is 1. The zero-order valence-corrected chi connectivity index (χ0v) is 22.9. The van der Waals surface area contributed by atoms with Crippen LogP contribution >= 0.6 is 0 Å². The summed E-state index contributed by atoms with van der Waals surface area (Å²) in [6.45, 7) is 2.82. The second-order valence-corrected chi connectivity index (χ2v) is 10.9. The summed E-state index contributed by atoms with van der Waals surface area (Å²) < 4.78 is 5.44. The normalized spacial score (nSPS) is 16.3. The van der Waals surface area contributed by atoms with Crippen LogP contribution in [0, 0.1) is 5.41 Å². The van der Waals surface area contributed by atoms with Gasteiger partial charge in [-0.25, -0.2) is 0 Å². The molecule has 2 aromatic carbocycles. The van der Waals surface area contributed by atoms with E-state index < -0.39 is 12.1 Å². The predicted octanol–water partition coefficient (Wildman–Crippen LogP) is 5.31. The van der Waals surface area contributed by atoms with Crippen LogP contribution in [0.3, 0.4) is 0 Å². The molecule has 0 saturated carbocycles. The lowest BCUT2D eigenvalue weighted by atomic mass is 9.71. The fourth-order valence-corrected chi connectivity index (χ4v) is 5.84. The van der Waals surface area contributed by atoms with Crippen LogP contribution in [0.15, 0.2) is 54.7 Å². The average molecular weight is 520 g/mol. The molecule has 1 aliphatic rings. The number of hydrogen-bond donors (Lipinski definition) is 2. The van der Waals surface area contributed by atoms with E-state index in [-0.39, 0.29) is 11.8 Å². The molecular formula is C31H41N3O4. The van der Waals surface area contributed by atoms with Gasteiger partial charge in [0.1, 0.15) is 5.75 Å². The number of aliphatic carboxylic acids is 1. The molecule has 1 fully saturated rings. The lowest BCUT2D eigenvalue weighted by molar-refractivity contribution is -0.141. The van der Waals surface area contributed by atoms with Crippen LogP contribution in [0.5, 0.6) is 5.75 Å². The summed E-state index contributed by atoms with van der Waals surface area (Å²) in [5, 5.41) is 22.1. The maximum Gasteiger partial charge on any atom is 0.303 e. The Kier molecular flexibility index (Phi) is 9.23. The van der Waals surface area contributed by atoms with Crippen molar-refractivity contribution in [3.05, 3.63) is 65.9 Å². The molecule has 38 heavy (non-hydrogen) atoms. The summed E-state index contributed by atoms with van der Waals surface area (Å²) in [7, 11) is 5.52. The van der Waals surface area contributed by atoms with E-state index >= 15 is 0 Å². The Labute approximate surface area is 226 Å². The zero-order chi connectivity index (χ0) is 27.1. The van der Waals surface area contributed by atoms with Gasteiger partial charge in [0.25, 0.3) is 0 Å². The SMILES string of the molecule is COc1ccc2ncc(N(C)C)c([C@@H](O)CCC3(CC(=O)O)CCN(CCCc4ccccc4)CC3)c2c1. The first kappa shape index (κ1) is 27.9. The minimum absolute atomic E-state index is 0.142. The Morgan fingerprint density at radius 3 is 2.55 bits per heavy atom. The summed E-state index contributed by atoms with van der Waals surface area (Å²) in [5.74, 6) is -0.0456. The van der Waals surface area contributed by atoms with E-state index in [4.69, 9.17) is 4.74 Å². The lowest BCUT2D eigenvalue weighted by Crippen LogP contribution is -2.41. The number of carboxylic acid groups (broad SMARTS) is 1. The molecule has 7 heteroatoms. The van der Waals surface area contributed by atoms with E-state index in [1.54, 1.807) is 13.3 Å². The molecule has 2 heterocycles. The van der Waals surface area contributed by atoms with Gasteiger partial charge in [0, 0.05) is 25.0 Å². The van der Waals surface area contributed by atoms with E-state index in [1.165, 1.54) is 5.56 Å². The highest BCUT2D eigenvalue weighted by molar-refractivity contribution is 5.88. The first-order valence-corrected chi connectivity index (χ1v) is 13.6. The Bertz CT molecular complexity index is 1210. The number of aryl methyl sites for hydroxylation is 1. The van der Waals surface area contributed by atoms with Gasteiger partial charge in [-0.05, 0) is 87.3 Å². The van der Waals surface area contributed by atoms with Crippen LogP contribution in [-0.4, -0.2) is 66.9 Å². The highest BCUT2D eigenvalue weighted by Crippen LogP contribution is 2.43. The Morgan fingerprint density at radius 1 is 1.16 bits per heavy atom. The number of methoxy groups -OCH3 is 1. The van der Waals surface area contributed by atoms with E-state index in [0.717, 1.165) is 67.5 Å². The summed E-state index contributed by atoms with van der Waals surface area (Å²) in [4.78, 5) is 20.9. The van der Waals surface area contributed by atoms with Gasteiger partial charge in [-0.3, -0.25) is 9.78 Å². The number of piperidine rings is 1. The van der Waals surface area contributed by atoms with E-state index in [9.17, 15) is 15.0 Å². The molecule has 7 nitrogen and oxygen atoms in total. The first-order valence-electron chi connectivity index (χ1n) is 13.6. The van der Waals surface area contributed by atoms with Crippen molar-refractivity contribution in [1.29, 1.82) is 0 Å². The lowest BCUT2D eigenvalue weighted by Gasteiger charge is -2.42. The number of ether oxygens (including phenoxy) is 1. The van der Waals surface area contributed by atoms with Crippen LogP contribution < -0.4 is 9.64 Å². The van der Waals surface area contributed by atoms with Crippen LogP contribution in [0.2, 0.25) is 0 Å². The van der Waals surface area contributed by atoms with Crippen molar-refractivity contribution in [2.45, 2.75) is 51.0 Å². The molecule has 2 N–H and O–H groups in total. The van der Waals surface area contributed by atoms with Crippen molar-refractivity contribution >= 4 is 22.6 Å². The van der Waals surface area contributed by atoms with Crippen molar-refractivity contribution in [2.24, 2.45) is 5.41 Å². The number of likely N-dealkylation sites (tertiary alicyclic amines) is 1. The largest absolute Gasteiger partial charge is 0.497 e. The summed E-state index contributed by atoms with van der Waals surface area (Å²) >= 11 is 0. The molecule has 0 radical (unpaired) electrons. The van der Waals surface area contributed by atoms with Crippen molar-refractivity contribution in [3.63, 3.8) is 0 Å². The Morgan fingerprint density at radius 2 is 1.89 bits per heavy atom. The van der Waals surface area contributed by atoms with Crippen molar-refractivity contribution in [1.82, 2.24) is 9.88 Å². The maximum atomic E-state index is 11.9. The molecule has 0 unspecified atom stereocenters. The molecule has 4 rings (SSSR count). The maximum absolute atomic E-state index is 11.9. The first-order chi connectivity index (χ1) is 18.3. The minimum atomic E-state index is -0.759. The standard InChI is InChI=1S/C31H41N3O4/c1-33(2)27-22-32-26-12-11-24(38-3)20-25(26)30(27)28(35)13-14-31(21-29(36)37)15-18-34(19-16-31)17-7-10-23-8-5-4-6-9-23/h4-6,8-9,11-12,20,22,28,35H,7,10,13-19,21H2,1-3H3,(H,36,37)/t28-/m0/s1. The number of carboxylic acids is 1. The summed E-state index contributed by atoms with van der Waals surface area (Å²) in [6.07, 6.45) is 6.20. The highest BCUT2D eigenvalue weighted by atomic mass is 16.5. The average Bonchev–Trinajstić information content (AvgIpc) is 2.92. The van der Waals surface area contributed by atoms with Gasteiger partial charge >= 0.3 is 5.97 Å². The number of aliphatic hydroxyl groups is 1. The number of hydrogen-bond acceptors (Lipinski definition) is 6. The molecule has 1 aliphatic heterocycles. The molecule has 204 valence electrons. The Balaban J connectivity index is 1.44. The predicted molar refractivity (Wildman–Crippen MR) is 152 cm³/mol. The van der Waals surface area contributed by atoms with Crippen molar-refractivity contribution in [2.75, 3.05) is 45.7 Å². The number of aromatic nitrogens is 1. The molecular weight excluding hydrogens is 478 g/mol. The van der Waals surface area contributed by atoms with Crippen LogP contribution in [0.25, 0.3) is 10.9 Å². The van der Waals surface area contributed by atoms with Crippen molar-refractivity contribution < 1.29 is 19.7 Å². The smallest absolute Gasteiger partial charge is 0.303 e. The third kappa shape index (κ3) is 6.83. The molecule has 0 aliphatic carbocycles. The second-order valence-electron chi connectivity index (χ2n) is 10.9. The molecule has 0 bridgehead atoms. The number of fused-ring (bicyclic) bond motifs is 1. The van der Waals surface area contributed by atoms with Gasteiger partial charge in [-0.2, -0.15) is 0 Å². The van der Waals surface area contributed by atoms with Gasteiger partial charge in [-0.15, -0.1) is 0 Å². The third-order valence-electron chi connectivity index (χ3n) is 8.08. The topological polar surface area (TPSA) is 86.1 Å². The molecule has 1 saturated heterocycles. The molecule has 0 spiro atoms. The number of rotatable bonds is 12. The van der Waals surface area contributed by atoms with Crippen LogP contribution in [0.4, 0.5) is 5.69 Å². The molecule has 3 aromatic rings. The van der Waals surface area contributed by atoms with Crippen LogP contribution in [0.1, 0.15) is 55.8 Å². The minimum Gasteiger partial charge on any atom is -0.497 e. The number of nitrogens with zero attached hydrogens (tertiary/aromatic N) is 3. The number of carbonyl (C=O) groups is 1. The number of anilines is 1. The number of benzene rings is 2. The molecule has 0 amide bonds. The van der Waals surface area contributed by atoms with Gasteiger partial charge in [0.05, 0.1) is 37.0 Å². The van der Waals surface area contributed by atoms with Gasteiger partial charge in [-0.1, -0.05) is 30.3 Å². The zero-order valence-electron chi connectivity index (χ0n) is 22.9.